The van der Waals surface area contributed by atoms with Crippen LogP contribution in [-0.2, 0) is 9.47 Å². The minimum Gasteiger partial charge on any atom is -0.446 e. The Morgan fingerprint density at radius 2 is 1.88 bits per heavy atom. The third-order valence-electron chi connectivity index (χ3n) is 6.84. The first kappa shape index (κ1) is 14.8. The lowest BCUT2D eigenvalue weighted by Gasteiger charge is -2.32. The molecule has 4 aliphatic rings. The van der Waals surface area contributed by atoms with Crippen LogP contribution in [0.4, 0.5) is 10.5 Å². The molecule has 5 rings (SSSR count). The molecule has 1 aromatic carbocycles. The highest BCUT2D eigenvalue weighted by atomic mass is 16.6. The summed E-state index contributed by atoms with van der Waals surface area (Å²) in [6, 6.07) is 4.19. The second kappa shape index (κ2) is 4.98. The minimum absolute atomic E-state index is 0.0970. The summed E-state index contributed by atoms with van der Waals surface area (Å²) in [5.74, 6) is 2.75. The van der Waals surface area contributed by atoms with E-state index in [1.165, 1.54) is 18.4 Å². The van der Waals surface area contributed by atoms with Gasteiger partial charge in [0.25, 0.3) is 0 Å². The SMILES string of the molecule is Cc1cc(C)c(NC(=O)O[C@@H]2C[C@H]3C[C@H]2[C@@H]2C[C@@H]4O[C@@H]4[C@@H]32)c(C)c1. The zero-order chi connectivity index (χ0) is 16.6. The number of epoxide rings is 1. The molecule has 0 aromatic heterocycles. The summed E-state index contributed by atoms with van der Waals surface area (Å²) in [6.07, 6.45) is 4.31. The van der Waals surface area contributed by atoms with Gasteiger partial charge in [0.05, 0.1) is 12.2 Å². The molecule has 4 heteroatoms. The van der Waals surface area contributed by atoms with Crippen LogP contribution in [0, 0.1) is 44.4 Å². The van der Waals surface area contributed by atoms with E-state index in [-0.39, 0.29) is 12.2 Å². The molecular weight excluding hydrogens is 302 g/mol. The van der Waals surface area contributed by atoms with Crippen molar-refractivity contribution in [3.8, 4) is 0 Å². The van der Waals surface area contributed by atoms with E-state index >= 15 is 0 Å². The number of fused-ring (bicyclic) bond motifs is 7. The molecule has 1 heterocycles. The average molecular weight is 327 g/mol. The molecule has 1 aromatic rings. The minimum atomic E-state index is -0.293. The normalized spacial score (nSPS) is 41.0. The lowest BCUT2D eigenvalue weighted by molar-refractivity contribution is 0.0251. The maximum Gasteiger partial charge on any atom is 0.411 e. The van der Waals surface area contributed by atoms with Gasteiger partial charge in [-0.3, -0.25) is 5.32 Å². The van der Waals surface area contributed by atoms with Crippen LogP contribution < -0.4 is 5.32 Å². The van der Waals surface area contributed by atoms with Crippen LogP contribution in [0.1, 0.15) is 36.0 Å². The van der Waals surface area contributed by atoms with Crippen LogP contribution in [0.2, 0.25) is 0 Å². The number of benzene rings is 1. The Hall–Kier alpha value is -1.55. The number of nitrogens with one attached hydrogen (secondary N) is 1. The third-order valence-corrected chi connectivity index (χ3v) is 6.84. The van der Waals surface area contributed by atoms with Crippen molar-refractivity contribution in [2.45, 2.75) is 58.3 Å². The Labute approximate surface area is 142 Å². The molecule has 128 valence electrons. The van der Waals surface area contributed by atoms with Crippen molar-refractivity contribution in [2.24, 2.45) is 23.7 Å². The smallest absolute Gasteiger partial charge is 0.411 e. The predicted molar refractivity (Wildman–Crippen MR) is 91.0 cm³/mol. The molecule has 24 heavy (non-hydrogen) atoms. The molecule has 0 radical (unpaired) electrons. The third kappa shape index (κ3) is 2.12. The molecular formula is C20H25NO3. The summed E-state index contributed by atoms with van der Waals surface area (Å²) in [4.78, 5) is 12.4. The zero-order valence-corrected chi connectivity index (χ0v) is 14.5. The molecule has 1 N–H and O–H groups in total. The van der Waals surface area contributed by atoms with Crippen molar-refractivity contribution >= 4 is 11.8 Å². The van der Waals surface area contributed by atoms with Crippen LogP contribution in [0.5, 0.6) is 0 Å². The van der Waals surface area contributed by atoms with Gasteiger partial charge in [-0.2, -0.15) is 0 Å². The van der Waals surface area contributed by atoms with Crippen molar-refractivity contribution < 1.29 is 14.3 Å². The molecule has 0 unspecified atom stereocenters. The molecule has 7 atom stereocenters. The van der Waals surface area contributed by atoms with Gasteiger partial charge >= 0.3 is 6.09 Å². The van der Waals surface area contributed by atoms with Gasteiger partial charge in [0.2, 0.25) is 0 Å². The lowest BCUT2D eigenvalue weighted by atomic mass is 9.79. The number of rotatable bonds is 2. The van der Waals surface area contributed by atoms with Gasteiger partial charge in [-0.05, 0) is 74.8 Å². The summed E-state index contributed by atoms with van der Waals surface area (Å²) in [5.41, 5.74) is 4.28. The van der Waals surface area contributed by atoms with E-state index in [1.807, 2.05) is 13.8 Å². The summed E-state index contributed by atoms with van der Waals surface area (Å²) in [6.45, 7) is 6.13. The second-order valence-corrected chi connectivity index (χ2v) is 8.35. The van der Waals surface area contributed by atoms with E-state index in [9.17, 15) is 4.79 Å². The van der Waals surface area contributed by atoms with Crippen LogP contribution in [0.15, 0.2) is 12.1 Å². The van der Waals surface area contributed by atoms with E-state index in [0.29, 0.717) is 24.0 Å². The van der Waals surface area contributed by atoms with Gasteiger partial charge in [0, 0.05) is 5.69 Å². The van der Waals surface area contributed by atoms with E-state index < -0.39 is 0 Å². The van der Waals surface area contributed by atoms with E-state index in [2.05, 4.69) is 24.4 Å². The summed E-state index contributed by atoms with van der Waals surface area (Å²) < 4.78 is 11.6. The van der Waals surface area contributed by atoms with Crippen molar-refractivity contribution in [3.05, 3.63) is 28.8 Å². The maximum absolute atomic E-state index is 12.4. The van der Waals surface area contributed by atoms with Crippen LogP contribution in [-0.4, -0.2) is 24.4 Å². The molecule has 1 aliphatic heterocycles. The van der Waals surface area contributed by atoms with E-state index in [1.54, 1.807) is 0 Å². The predicted octanol–water partition coefficient (Wildman–Crippen LogP) is 3.97. The molecule has 4 nitrogen and oxygen atoms in total. The second-order valence-electron chi connectivity index (χ2n) is 8.35. The highest BCUT2D eigenvalue weighted by molar-refractivity contribution is 5.87. The standard InChI is InChI=1S/C20H25NO3/c1-9-4-10(2)18(11(3)5-9)21-20(22)24-15-7-12-6-13(15)14-8-16-19(23-16)17(12)14/h4-5,12-17,19H,6-8H2,1-3H3,(H,21,22)/t12-,13+,14+,15-,16+,17+,19+/m1/s1. The molecule has 1 saturated heterocycles. The highest BCUT2D eigenvalue weighted by Crippen LogP contribution is 2.64. The Morgan fingerprint density at radius 3 is 2.62 bits per heavy atom. The number of anilines is 1. The first-order valence-corrected chi connectivity index (χ1v) is 9.22. The monoisotopic (exact) mass is 327 g/mol. The first-order valence-electron chi connectivity index (χ1n) is 9.22. The quantitative estimate of drug-likeness (QED) is 0.836. The summed E-state index contributed by atoms with van der Waals surface area (Å²) in [7, 11) is 0. The van der Waals surface area contributed by atoms with Gasteiger partial charge < -0.3 is 9.47 Å². The van der Waals surface area contributed by atoms with Crippen molar-refractivity contribution in [2.75, 3.05) is 5.32 Å². The fourth-order valence-electron chi connectivity index (χ4n) is 6.05. The fourth-order valence-corrected chi connectivity index (χ4v) is 6.05. The molecule has 3 aliphatic carbocycles. The van der Waals surface area contributed by atoms with Gasteiger partial charge in [-0.25, -0.2) is 4.79 Å². The van der Waals surface area contributed by atoms with E-state index in [4.69, 9.17) is 9.47 Å². The van der Waals surface area contributed by atoms with Crippen molar-refractivity contribution in [3.63, 3.8) is 0 Å². The number of amides is 1. The first-order chi connectivity index (χ1) is 11.5. The molecule has 0 spiro atoms. The number of hydrogen-bond donors (Lipinski definition) is 1. The largest absolute Gasteiger partial charge is 0.446 e. The van der Waals surface area contributed by atoms with Gasteiger partial charge in [0.15, 0.2) is 0 Å². The average Bonchev–Trinajstić information content (AvgIpc) is 2.88. The van der Waals surface area contributed by atoms with E-state index in [0.717, 1.165) is 35.1 Å². The number of ether oxygens (including phenoxy) is 2. The van der Waals surface area contributed by atoms with Crippen LogP contribution in [0.3, 0.4) is 0 Å². The van der Waals surface area contributed by atoms with Crippen molar-refractivity contribution in [1.29, 1.82) is 0 Å². The number of hydrogen-bond acceptors (Lipinski definition) is 3. The van der Waals surface area contributed by atoms with Gasteiger partial charge in [-0.15, -0.1) is 0 Å². The summed E-state index contributed by atoms with van der Waals surface area (Å²) in [5, 5.41) is 2.98. The van der Waals surface area contributed by atoms with Gasteiger partial charge in [-0.1, -0.05) is 17.7 Å². The Bertz CT molecular complexity index is 692. The molecule has 2 bridgehead atoms. The Morgan fingerprint density at radius 1 is 1.12 bits per heavy atom. The topological polar surface area (TPSA) is 50.9 Å². The van der Waals surface area contributed by atoms with Crippen molar-refractivity contribution in [1.82, 2.24) is 0 Å². The number of carbonyl (C=O) groups is 1. The Kier molecular flexibility index (Phi) is 3.06. The van der Waals surface area contributed by atoms with Gasteiger partial charge in [0.1, 0.15) is 6.10 Å². The molecule has 3 saturated carbocycles. The molecule has 4 fully saturated rings. The lowest BCUT2D eigenvalue weighted by Crippen LogP contribution is -2.35. The zero-order valence-electron chi connectivity index (χ0n) is 14.5. The Balaban J connectivity index is 1.26. The number of aryl methyl sites for hydroxylation is 3. The highest BCUT2D eigenvalue weighted by Gasteiger charge is 2.67. The van der Waals surface area contributed by atoms with Crippen LogP contribution in [0.25, 0.3) is 0 Å². The summed E-state index contributed by atoms with van der Waals surface area (Å²) >= 11 is 0. The van der Waals surface area contributed by atoms with Crippen LogP contribution >= 0.6 is 0 Å². The number of carbonyl (C=O) groups excluding carboxylic acids is 1. The molecule has 1 amide bonds. The maximum atomic E-state index is 12.4. The fraction of sp³-hybridized carbons (Fsp3) is 0.650.